The fraction of sp³-hybridized carbons (Fsp3) is 0.312. The molecule has 2 heterocycles. The van der Waals surface area contributed by atoms with Gasteiger partial charge in [0.2, 0.25) is 0 Å². The number of aryl methyl sites for hydroxylation is 1. The van der Waals surface area contributed by atoms with Crippen molar-refractivity contribution >= 4 is 28.2 Å². The zero-order valence-electron chi connectivity index (χ0n) is 13.6. The van der Waals surface area contributed by atoms with Gasteiger partial charge in [0, 0.05) is 6.54 Å². The van der Waals surface area contributed by atoms with E-state index in [4.69, 9.17) is 0 Å². The van der Waals surface area contributed by atoms with E-state index >= 15 is 0 Å². The predicted molar refractivity (Wildman–Crippen MR) is 95.1 cm³/mol. The first kappa shape index (κ1) is 17.0. The number of aromatic amines is 1. The summed E-state index contributed by atoms with van der Waals surface area (Å²) in [6.07, 6.45) is 1.57. The van der Waals surface area contributed by atoms with Crippen LogP contribution in [0.2, 0.25) is 0 Å². The summed E-state index contributed by atoms with van der Waals surface area (Å²) in [6.45, 7) is 2.37. The molecule has 1 aromatic carbocycles. The van der Waals surface area contributed by atoms with Gasteiger partial charge < -0.3 is 5.32 Å². The highest BCUT2D eigenvalue weighted by Crippen LogP contribution is 2.12. The molecule has 0 aliphatic heterocycles. The third-order valence-corrected chi connectivity index (χ3v) is 4.52. The van der Waals surface area contributed by atoms with Crippen LogP contribution in [0, 0.1) is 0 Å². The molecule has 0 bridgehead atoms. The van der Waals surface area contributed by atoms with Crippen molar-refractivity contribution in [2.45, 2.75) is 26.3 Å². The van der Waals surface area contributed by atoms with Crippen LogP contribution in [0.25, 0.3) is 10.8 Å². The van der Waals surface area contributed by atoms with Crippen molar-refractivity contribution in [2.75, 3.05) is 6.54 Å². The molecule has 0 saturated heterocycles. The van der Waals surface area contributed by atoms with Gasteiger partial charge in [-0.3, -0.25) is 19.5 Å². The monoisotopic (exact) mass is 359 g/mol. The zero-order valence-corrected chi connectivity index (χ0v) is 14.4. The summed E-state index contributed by atoms with van der Waals surface area (Å²) in [4.78, 5) is 37.1. The van der Waals surface area contributed by atoms with Crippen LogP contribution in [0.5, 0.6) is 0 Å². The molecule has 3 rings (SSSR count). The first-order valence-electron chi connectivity index (χ1n) is 7.93. The molecule has 2 aromatic heterocycles. The quantitative estimate of drug-likeness (QED) is 0.680. The molecule has 3 aromatic rings. The minimum atomic E-state index is -0.335. The zero-order chi connectivity index (χ0) is 17.8. The SMILES string of the molecule is CCCc1nnsc1C(=O)NCCn1[nH]c(=O)c2ccccc2c1=O. The van der Waals surface area contributed by atoms with Crippen LogP contribution in [-0.2, 0) is 13.0 Å². The van der Waals surface area contributed by atoms with Crippen LogP contribution in [0.15, 0.2) is 33.9 Å². The third-order valence-electron chi connectivity index (χ3n) is 3.75. The molecular formula is C16H17N5O3S. The van der Waals surface area contributed by atoms with Gasteiger partial charge in [0.25, 0.3) is 17.0 Å². The number of nitrogens with zero attached hydrogens (tertiary/aromatic N) is 3. The van der Waals surface area contributed by atoms with Gasteiger partial charge >= 0.3 is 0 Å². The van der Waals surface area contributed by atoms with Crippen LogP contribution < -0.4 is 16.4 Å². The largest absolute Gasteiger partial charge is 0.349 e. The standard InChI is InChI=1S/C16H17N5O3S/c1-2-5-12-13(25-20-18-12)15(23)17-8-9-21-16(24)11-7-4-3-6-10(11)14(22)19-21/h3-4,6-7H,2,5,8-9H2,1H3,(H,17,23)(H,19,22). The van der Waals surface area contributed by atoms with E-state index in [1.807, 2.05) is 6.92 Å². The van der Waals surface area contributed by atoms with E-state index in [0.29, 0.717) is 27.8 Å². The Morgan fingerprint density at radius 2 is 2.04 bits per heavy atom. The van der Waals surface area contributed by atoms with Crippen molar-refractivity contribution in [1.29, 1.82) is 0 Å². The third kappa shape index (κ3) is 3.50. The van der Waals surface area contributed by atoms with Gasteiger partial charge in [-0.15, -0.1) is 5.10 Å². The number of fused-ring (bicyclic) bond motifs is 1. The minimum absolute atomic E-state index is 0.167. The lowest BCUT2D eigenvalue weighted by atomic mass is 10.2. The molecule has 0 aliphatic carbocycles. The van der Waals surface area contributed by atoms with Gasteiger partial charge in [0.05, 0.1) is 23.0 Å². The maximum absolute atomic E-state index is 12.4. The van der Waals surface area contributed by atoms with E-state index in [9.17, 15) is 14.4 Å². The van der Waals surface area contributed by atoms with Gasteiger partial charge in [-0.25, -0.2) is 4.68 Å². The second-order valence-electron chi connectivity index (χ2n) is 5.50. The molecule has 2 N–H and O–H groups in total. The second kappa shape index (κ2) is 7.39. The Morgan fingerprint density at radius 3 is 2.80 bits per heavy atom. The summed E-state index contributed by atoms with van der Waals surface area (Å²) in [7, 11) is 0. The molecule has 0 saturated carbocycles. The highest BCUT2D eigenvalue weighted by atomic mass is 32.1. The smallest absolute Gasteiger partial charge is 0.273 e. The van der Waals surface area contributed by atoms with Crippen LogP contribution >= 0.6 is 11.5 Å². The lowest BCUT2D eigenvalue weighted by Gasteiger charge is -2.08. The Morgan fingerprint density at radius 1 is 1.28 bits per heavy atom. The molecule has 8 nitrogen and oxygen atoms in total. The number of benzene rings is 1. The molecule has 0 fully saturated rings. The van der Waals surface area contributed by atoms with Crippen molar-refractivity contribution in [3.05, 3.63) is 55.5 Å². The van der Waals surface area contributed by atoms with E-state index in [-0.39, 0.29) is 30.1 Å². The Balaban J connectivity index is 1.72. The molecule has 9 heteroatoms. The Bertz CT molecular complexity index is 1020. The molecule has 130 valence electrons. The molecule has 0 radical (unpaired) electrons. The number of carbonyl (C=O) groups is 1. The highest BCUT2D eigenvalue weighted by Gasteiger charge is 2.15. The topological polar surface area (TPSA) is 110 Å². The number of H-pyrrole nitrogens is 1. The van der Waals surface area contributed by atoms with Gasteiger partial charge in [0.1, 0.15) is 4.88 Å². The van der Waals surface area contributed by atoms with E-state index < -0.39 is 0 Å². The number of nitrogens with one attached hydrogen (secondary N) is 2. The summed E-state index contributed by atoms with van der Waals surface area (Å²) in [5, 5.41) is 9.94. The van der Waals surface area contributed by atoms with Crippen LogP contribution in [0.4, 0.5) is 0 Å². The Hall–Kier alpha value is -2.81. The average Bonchev–Trinajstić information content (AvgIpc) is 3.08. The van der Waals surface area contributed by atoms with Crippen LogP contribution in [0.1, 0.15) is 28.7 Å². The van der Waals surface area contributed by atoms with Crippen LogP contribution in [0.3, 0.4) is 0 Å². The maximum Gasteiger partial charge on any atom is 0.273 e. The number of hydrogen-bond donors (Lipinski definition) is 2. The summed E-state index contributed by atoms with van der Waals surface area (Å²) < 4.78 is 5.03. The number of carbonyl (C=O) groups excluding carboxylic acids is 1. The lowest BCUT2D eigenvalue weighted by molar-refractivity contribution is 0.0954. The van der Waals surface area contributed by atoms with Crippen molar-refractivity contribution in [1.82, 2.24) is 24.7 Å². The number of hydrogen-bond acceptors (Lipinski definition) is 6. The Kier molecular flexibility index (Phi) is 5.03. The first-order chi connectivity index (χ1) is 12.1. The van der Waals surface area contributed by atoms with E-state index in [1.54, 1.807) is 24.3 Å². The molecule has 25 heavy (non-hydrogen) atoms. The molecule has 1 amide bonds. The Labute approximate surface area is 146 Å². The van der Waals surface area contributed by atoms with Gasteiger partial charge in [-0.1, -0.05) is 30.0 Å². The van der Waals surface area contributed by atoms with Crippen molar-refractivity contribution in [3.8, 4) is 0 Å². The number of aromatic nitrogens is 4. The second-order valence-corrected chi connectivity index (χ2v) is 6.25. The fourth-order valence-corrected chi connectivity index (χ4v) is 3.17. The normalized spacial score (nSPS) is 10.9. The van der Waals surface area contributed by atoms with E-state index in [0.717, 1.165) is 18.0 Å². The predicted octanol–water partition coefficient (Wildman–Crippen LogP) is 0.924. The summed E-state index contributed by atoms with van der Waals surface area (Å²) in [5.74, 6) is -0.269. The van der Waals surface area contributed by atoms with Crippen LogP contribution in [-0.4, -0.2) is 31.8 Å². The summed E-state index contributed by atoms with van der Waals surface area (Å²) in [6, 6.07) is 6.63. The highest BCUT2D eigenvalue weighted by molar-refractivity contribution is 7.08. The molecule has 0 spiro atoms. The summed E-state index contributed by atoms with van der Waals surface area (Å²) >= 11 is 1.05. The number of rotatable bonds is 6. The van der Waals surface area contributed by atoms with Crippen molar-refractivity contribution < 1.29 is 4.79 Å². The fourth-order valence-electron chi connectivity index (χ4n) is 2.55. The molecule has 0 unspecified atom stereocenters. The van der Waals surface area contributed by atoms with Gasteiger partial charge in [-0.05, 0) is 30.1 Å². The van der Waals surface area contributed by atoms with Crippen molar-refractivity contribution in [2.24, 2.45) is 0 Å². The molecular weight excluding hydrogens is 342 g/mol. The average molecular weight is 359 g/mol. The lowest BCUT2D eigenvalue weighted by Crippen LogP contribution is -2.35. The van der Waals surface area contributed by atoms with Crippen molar-refractivity contribution in [3.63, 3.8) is 0 Å². The van der Waals surface area contributed by atoms with Gasteiger partial charge in [0.15, 0.2) is 0 Å². The minimum Gasteiger partial charge on any atom is -0.349 e. The van der Waals surface area contributed by atoms with Gasteiger partial charge in [-0.2, -0.15) is 0 Å². The molecule has 0 atom stereocenters. The summed E-state index contributed by atoms with van der Waals surface area (Å²) in [5.41, 5.74) is 0.0512. The van der Waals surface area contributed by atoms with E-state index in [1.165, 1.54) is 4.68 Å². The molecule has 0 aliphatic rings. The maximum atomic E-state index is 12.4. The van der Waals surface area contributed by atoms with E-state index in [2.05, 4.69) is 20.0 Å². The first-order valence-corrected chi connectivity index (χ1v) is 8.70. The number of amides is 1.